The first kappa shape index (κ1) is 18.6. The number of rotatable bonds is 6. The van der Waals surface area contributed by atoms with E-state index in [4.69, 9.17) is 0 Å². The molecule has 1 heterocycles. The SMILES string of the molecule is CCN(Cc1cccs1)C(=O)c1cc(C)c(C)c(S(=O)(=O)NC)c1. The van der Waals surface area contributed by atoms with Crippen LogP contribution in [-0.2, 0) is 16.6 Å². The molecule has 1 N–H and O–H groups in total. The van der Waals surface area contributed by atoms with Crippen molar-refractivity contribution in [3.05, 3.63) is 51.2 Å². The fraction of sp³-hybridized carbons (Fsp3) is 0.353. The highest BCUT2D eigenvalue weighted by Gasteiger charge is 2.22. The maximum atomic E-state index is 12.8. The summed E-state index contributed by atoms with van der Waals surface area (Å²) in [6.07, 6.45) is 0. The van der Waals surface area contributed by atoms with Gasteiger partial charge in [0, 0.05) is 17.0 Å². The Hall–Kier alpha value is -1.70. The van der Waals surface area contributed by atoms with E-state index >= 15 is 0 Å². The summed E-state index contributed by atoms with van der Waals surface area (Å²) < 4.78 is 26.7. The minimum Gasteiger partial charge on any atom is -0.334 e. The number of nitrogens with one attached hydrogen (secondary N) is 1. The second-order valence-electron chi connectivity index (χ2n) is 5.52. The lowest BCUT2D eigenvalue weighted by Gasteiger charge is -2.21. The number of benzene rings is 1. The quantitative estimate of drug-likeness (QED) is 0.855. The van der Waals surface area contributed by atoms with E-state index < -0.39 is 10.0 Å². The number of amides is 1. The molecule has 2 aromatic rings. The summed E-state index contributed by atoms with van der Waals surface area (Å²) in [7, 11) is -2.24. The highest BCUT2D eigenvalue weighted by molar-refractivity contribution is 7.89. The van der Waals surface area contributed by atoms with Gasteiger partial charge in [0.25, 0.3) is 5.91 Å². The van der Waals surface area contributed by atoms with Crippen molar-refractivity contribution in [3.8, 4) is 0 Å². The van der Waals surface area contributed by atoms with Crippen LogP contribution >= 0.6 is 11.3 Å². The number of aryl methyl sites for hydroxylation is 1. The molecule has 0 radical (unpaired) electrons. The number of thiophene rings is 1. The number of hydrogen-bond donors (Lipinski definition) is 1. The highest BCUT2D eigenvalue weighted by Crippen LogP contribution is 2.23. The Balaban J connectivity index is 2.41. The summed E-state index contributed by atoms with van der Waals surface area (Å²) in [4.78, 5) is 15.8. The van der Waals surface area contributed by atoms with Crippen LogP contribution in [0.15, 0.2) is 34.5 Å². The van der Waals surface area contributed by atoms with E-state index in [1.165, 1.54) is 13.1 Å². The number of hydrogen-bond acceptors (Lipinski definition) is 4. The fourth-order valence-electron chi connectivity index (χ4n) is 2.44. The molecular formula is C17H22N2O3S2. The van der Waals surface area contributed by atoms with E-state index in [1.807, 2.05) is 31.4 Å². The van der Waals surface area contributed by atoms with Gasteiger partial charge in [0.15, 0.2) is 0 Å². The van der Waals surface area contributed by atoms with Crippen molar-refractivity contribution < 1.29 is 13.2 Å². The third kappa shape index (κ3) is 3.85. The Morgan fingerprint density at radius 3 is 2.54 bits per heavy atom. The van der Waals surface area contributed by atoms with Crippen LogP contribution < -0.4 is 4.72 Å². The summed E-state index contributed by atoms with van der Waals surface area (Å²) in [6.45, 7) is 6.55. The lowest BCUT2D eigenvalue weighted by molar-refractivity contribution is 0.0754. The van der Waals surface area contributed by atoms with Gasteiger partial charge >= 0.3 is 0 Å². The van der Waals surface area contributed by atoms with Crippen LogP contribution in [0.5, 0.6) is 0 Å². The lowest BCUT2D eigenvalue weighted by atomic mass is 10.1. The Bertz CT molecular complexity index is 828. The van der Waals surface area contributed by atoms with Crippen molar-refractivity contribution in [2.24, 2.45) is 0 Å². The van der Waals surface area contributed by atoms with Crippen LogP contribution in [0.25, 0.3) is 0 Å². The first-order chi connectivity index (χ1) is 11.3. The molecule has 0 fully saturated rings. The zero-order valence-electron chi connectivity index (χ0n) is 14.3. The van der Waals surface area contributed by atoms with E-state index in [2.05, 4.69) is 4.72 Å². The molecule has 0 unspecified atom stereocenters. The van der Waals surface area contributed by atoms with Crippen LogP contribution in [0, 0.1) is 13.8 Å². The predicted octanol–water partition coefficient (Wildman–Crippen LogP) is 2.94. The highest BCUT2D eigenvalue weighted by atomic mass is 32.2. The Morgan fingerprint density at radius 2 is 2.00 bits per heavy atom. The summed E-state index contributed by atoms with van der Waals surface area (Å²) in [6, 6.07) is 7.15. The average Bonchev–Trinajstić information content (AvgIpc) is 3.07. The van der Waals surface area contributed by atoms with Gasteiger partial charge in [0.2, 0.25) is 10.0 Å². The molecule has 24 heavy (non-hydrogen) atoms. The number of carbonyl (C=O) groups is 1. The molecule has 5 nitrogen and oxygen atoms in total. The Labute approximate surface area is 147 Å². The molecule has 0 saturated heterocycles. The zero-order chi connectivity index (χ0) is 17.9. The normalized spacial score (nSPS) is 11.5. The maximum absolute atomic E-state index is 12.8. The second kappa shape index (κ2) is 7.46. The molecule has 1 aromatic heterocycles. The van der Waals surface area contributed by atoms with E-state index in [0.717, 1.165) is 10.4 Å². The van der Waals surface area contributed by atoms with Gasteiger partial charge in [0.05, 0.1) is 11.4 Å². The van der Waals surface area contributed by atoms with Gasteiger partial charge in [-0.25, -0.2) is 13.1 Å². The van der Waals surface area contributed by atoms with Crippen LogP contribution in [0.4, 0.5) is 0 Å². The molecule has 1 amide bonds. The van der Waals surface area contributed by atoms with Crippen LogP contribution in [0.2, 0.25) is 0 Å². The van der Waals surface area contributed by atoms with Crippen molar-refractivity contribution >= 4 is 27.3 Å². The minimum atomic E-state index is -3.61. The van der Waals surface area contributed by atoms with E-state index in [9.17, 15) is 13.2 Å². The van der Waals surface area contributed by atoms with E-state index in [0.29, 0.717) is 24.2 Å². The summed E-state index contributed by atoms with van der Waals surface area (Å²) >= 11 is 1.60. The molecule has 1 aromatic carbocycles. The Kier molecular flexibility index (Phi) is 5.79. The van der Waals surface area contributed by atoms with Gasteiger partial charge in [-0.1, -0.05) is 6.07 Å². The van der Waals surface area contributed by atoms with Crippen LogP contribution in [0.3, 0.4) is 0 Å². The molecule has 2 rings (SSSR count). The van der Waals surface area contributed by atoms with Crippen molar-refractivity contribution in [3.63, 3.8) is 0 Å². The van der Waals surface area contributed by atoms with Gasteiger partial charge in [-0.2, -0.15) is 0 Å². The average molecular weight is 367 g/mol. The van der Waals surface area contributed by atoms with Gasteiger partial charge < -0.3 is 4.90 Å². The third-order valence-corrected chi connectivity index (χ3v) is 6.42. The molecule has 0 aliphatic carbocycles. The standard InChI is InChI=1S/C17H22N2O3S2/c1-5-19(11-15-7-6-8-23-15)17(20)14-9-12(2)13(3)16(10-14)24(21,22)18-4/h6-10,18H,5,11H2,1-4H3. The molecule has 0 atom stereocenters. The minimum absolute atomic E-state index is 0.153. The van der Waals surface area contributed by atoms with Crippen molar-refractivity contribution in [1.29, 1.82) is 0 Å². The molecule has 130 valence electrons. The van der Waals surface area contributed by atoms with E-state index in [1.54, 1.807) is 29.2 Å². The molecular weight excluding hydrogens is 344 g/mol. The Morgan fingerprint density at radius 1 is 1.29 bits per heavy atom. The second-order valence-corrected chi connectivity index (χ2v) is 8.41. The maximum Gasteiger partial charge on any atom is 0.254 e. The number of carbonyl (C=O) groups excluding carboxylic acids is 1. The number of sulfonamides is 1. The summed E-state index contributed by atoms with van der Waals surface area (Å²) in [5, 5.41) is 1.97. The van der Waals surface area contributed by atoms with Gasteiger partial charge in [0.1, 0.15) is 0 Å². The monoisotopic (exact) mass is 366 g/mol. The molecule has 0 aliphatic heterocycles. The lowest BCUT2D eigenvalue weighted by Crippen LogP contribution is -2.30. The first-order valence-electron chi connectivity index (χ1n) is 7.66. The smallest absolute Gasteiger partial charge is 0.254 e. The molecule has 0 saturated carbocycles. The first-order valence-corrected chi connectivity index (χ1v) is 10.0. The third-order valence-electron chi connectivity index (χ3n) is 4.02. The zero-order valence-corrected chi connectivity index (χ0v) is 15.9. The van der Waals surface area contributed by atoms with Crippen LogP contribution in [-0.4, -0.2) is 32.8 Å². The molecule has 0 spiro atoms. The van der Waals surface area contributed by atoms with Crippen molar-refractivity contribution in [2.45, 2.75) is 32.2 Å². The van der Waals surface area contributed by atoms with Gasteiger partial charge in [-0.3, -0.25) is 4.79 Å². The number of nitrogens with zero attached hydrogens (tertiary/aromatic N) is 1. The fourth-order valence-corrected chi connectivity index (χ4v) is 4.23. The summed E-state index contributed by atoms with van der Waals surface area (Å²) in [5.74, 6) is -0.165. The molecule has 0 aliphatic rings. The van der Waals surface area contributed by atoms with Gasteiger partial charge in [-0.15, -0.1) is 11.3 Å². The van der Waals surface area contributed by atoms with Crippen LogP contribution in [0.1, 0.15) is 33.3 Å². The molecule has 0 bridgehead atoms. The largest absolute Gasteiger partial charge is 0.334 e. The topological polar surface area (TPSA) is 66.5 Å². The summed E-state index contributed by atoms with van der Waals surface area (Å²) in [5.41, 5.74) is 1.83. The van der Waals surface area contributed by atoms with Crippen molar-refractivity contribution in [2.75, 3.05) is 13.6 Å². The van der Waals surface area contributed by atoms with Crippen molar-refractivity contribution in [1.82, 2.24) is 9.62 Å². The van der Waals surface area contributed by atoms with E-state index in [-0.39, 0.29) is 10.8 Å². The molecule has 7 heteroatoms. The predicted molar refractivity (Wildman–Crippen MR) is 96.9 cm³/mol. The van der Waals surface area contributed by atoms with Gasteiger partial charge in [-0.05, 0) is 62.5 Å².